The van der Waals surface area contributed by atoms with Crippen molar-refractivity contribution in [1.29, 1.82) is 0 Å². The molecule has 0 aromatic heterocycles. The van der Waals surface area contributed by atoms with Gasteiger partial charge in [0.1, 0.15) is 0 Å². The lowest BCUT2D eigenvalue weighted by Gasteiger charge is -2.14. The van der Waals surface area contributed by atoms with E-state index in [0.29, 0.717) is 13.0 Å². The Hall–Kier alpha value is -1.35. The molecule has 0 saturated heterocycles. The van der Waals surface area contributed by atoms with Crippen LogP contribution in [0.25, 0.3) is 0 Å². The number of rotatable bonds is 6. The summed E-state index contributed by atoms with van der Waals surface area (Å²) in [6.07, 6.45) is 2.34. The summed E-state index contributed by atoms with van der Waals surface area (Å²) in [7, 11) is 0. The highest BCUT2D eigenvalue weighted by Gasteiger charge is 2.08. The van der Waals surface area contributed by atoms with Crippen molar-refractivity contribution in [3.8, 4) is 0 Å². The van der Waals surface area contributed by atoms with Gasteiger partial charge in [0.2, 0.25) is 5.91 Å². The second-order valence-corrected chi connectivity index (χ2v) is 3.95. The molecule has 0 aliphatic carbocycles. The van der Waals surface area contributed by atoms with E-state index in [-0.39, 0.29) is 11.9 Å². The SMILES string of the molecule is C[C@H](NC(=O)CCCCN)c1ccccc1. The third-order valence-electron chi connectivity index (χ3n) is 2.54. The molecule has 0 saturated carbocycles. The van der Waals surface area contributed by atoms with Gasteiger partial charge in [-0.25, -0.2) is 0 Å². The Morgan fingerprint density at radius 1 is 1.31 bits per heavy atom. The average molecular weight is 220 g/mol. The molecule has 0 heterocycles. The molecule has 3 N–H and O–H groups in total. The molecule has 1 amide bonds. The van der Waals surface area contributed by atoms with Crippen LogP contribution in [0.1, 0.15) is 37.8 Å². The molecule has 1 atom stereocenters. The Balaban J connectivity index is 2.34. The van der Waals surface area contributed by atoms with E-state index in [4.69, 9.17) is 5.73 Å². The maximum Gasteiger partial charge on any atom is 0.220 e. The average Bonchev–Trinajstić information content (AvgIpc) is 2.30. The van der Waals surface area contributed by atoms with Crippen molar-refractivity contribution >= 4 is 5.91 Å². The van der Waals surface area contributed by atoms with E-state index in [1.807, 2.05) is 37.3 Å². The molecular formula is C13H20N2O. The van der Waals surface area contributed by atoms with Gasteiger partial charge in [0.15, 0.2) is 0 Å². The maximum absolute atomic E-state index is 11.5. The molecule has 0 aliphatic heterocycles. The van der Waals surface area contributed by atoms with Crippen LogP contribution in [-0.2, 0) is 4.79 Å². The van der Waals surface area contributed by atoms with Crippen molar-refractivity contribution in [3.63, 3.8) is 0 Å². The van der Waals surface area contributed by atoms with Crippen LogP contribution in [0.5, 0.6) is 0 Å². The molecule has 0 spiro atoms. The van der Waals surface area contributed by atoms with E-state index in [9.17, 15) is 4.79 Å². The molecule has 0 unspecified atom stereocenters. The third kappa shape index (κ3) is 4.45. The summed E-state index contributed by atoms with van der Waals surface area (Å²) in [4.78, 5) is 11.5. The molecule has 16 heavy (non-hydrogen) atoms. The number of hydrogen-bond acceptors (Lipinski definition) is 2. The lowest BCUT2D eigenvalue weighted by Crippen LogP contribution is -2.26. The van der Waals surface area contributed by atoms with E-state index in [0.717, 1.165) is 18.4 Å². The van der Waals surface area contributed by atoms with Crippen LogP contribution in [0.4, 0.5) is 0 Å². The highest BCUT2D eigenvalue weighted by molar-refractivity contribution is 5.76. The van der Waals surface area contributed by atoms with E-state index in [1.165, 1.54) is 0 Å². The van der Waals surface area contributed by atoms with Crippen LogP contribution in [0.15, 0.2) is 30.3 Å². The van der Waals surface area contributed by atoms with Gasteiger partial charge in [-0.2, -0.15) is 0 Å². The third-order valence-corrected chi connectivity index (χ3v) is 2.54. The fourth-order valence-corrected chi connectivity index (χ4v) is 1.57. The molecule has 0 bridgehead atoms. The fourth-order valence-electron chi connectivity index (χ4n) is 1.57. The first-order valence-electron chi connectivity index (χ1n) is 5.78. The summed E-state index contributed by atoms with van der Waals surface area (Å²) in [5, 5.41) is 2.98. The Labute approximate surface area is 97.0 Å². The molecule has 1 rings (SSSR count). The summed E-state index contributed by atoms with van der Waals surface area (Å²) in [6.45, 7) is 2.65. The number of carbonyl (C=O) groups is 1. The topological polar surface area (TPSA) is 55.1 Å². The minimum absolute atomic E-state index is 0.0755. The Bertz CT molecular complexity index is 311. The number of nitrogens with one attached hydrogen (secondary N) is 1. The minimum atomic E-state index is 0.0755. The van der Waals surface area contributed by atoms with Crippen molar-refractivity contribution < 1.29 is 4.79 Å². The first-order chi connectivity index (χ1) is 7.74. The molecule has 88 valence electrons. The number of amides is 1. The van der Waals surface area contributed by atoms with Gasteiger partial charge in [-0.15, -0.1) is 0 Å². The van der Waals surface area contributed by atoms with Crippen LogP contribution < -0.4 is 11.1 Å². The molecule has 1 aromatic rings. The van der Waals surface area contributed by atoms with Crippen molar-refractivity contribution in [2.45, 2.75) is 32.2 Å². The van der Waals surface area contributed by atoms with E-state index < -0.39 is 0 Å². The first kappa shape index (κ1) is 12.7. The number of hydrogen-bond donors (Lipinski definition) is 2. The molecule has 3 nitrogen and oxygen atoms in total. The molecule has 3 heteroatoms. The zero-order chi connectivity index (χ0) is 11.8. The van der Waals surface area contributed by atoms with Gasteiger partial charge in [0, 0.05) is 6.42 Å². The largest absolute Gasteiger partial charge is 0.350 e. The molecule has 0 aliphatic rings. The van der Waals surface area contributed by atoms with Gasteiger partial charge < -0.3 is 11.1 Å². The van der Waals surface area contributed by atoms with Gasteiger partial charge in [0.25, 0.3) is 0 Å². The summed E-state index contributed by atoms with van der Waals surface area (Å²) >= 11 is 0. The fraction of sp³-hybridized carbons (Fsp3) is 0.462. The zero-order valence-corrected chi connectivity index (χ0v) is 9.78. The monoisotopic (exact) mass is 220 g/mol. The predicted octanol–water partition coefficient (Wildman–Crippen LogP) is 1.99. The van der Waals surface area contributed by atoms with E-state index >= 15 is 0 Å². The Morgan fingerprint density at radius 3 is 2.62 bits per heavy atom. The van der Waals surface area contributed by atoms with Crippen LogP contribution in [-0.4, -0.2) is 12.5 Å². The van der Waals surface area contributed by atoms with E-state index in [1.54, 1.807) is 0 Å². The number of nitrogens with two attached hydrogens (primary N) is 1. The van der Waals surface area contributed by atoms with Crippen molar-refractivity contribution in [3.05, 3.63) is 35.9 Å². The molecule has 1 aromatic carbocycles. The lowest BCUT2D eigenvalue weighted by atomic mass is 10.1. The second kappa shape index (κ2) is 7.01. The summed E-state index contributed by atoms with van der Waals surface area (Å²) in [5.41, 5.74) is 6.51. The van der Waals surface area contributed by atoms with Crippen LogP contribution in [0.3, 0.4) is 0 Å². The highest BCUT2D eigenvalue weighted by atomic mass is 16.1. The Morgan fingerprint density at radius 2 is 2.00 bits per heavy atom. The molecule has 0 fully saturated rings. The van der Waals surface area contributed by atoms with E-state index in [2.05, 4.69) is 5.32 Å². The normalized spacial score (nSPS) is 12.1. The number of carbonyl (C=O) groups excluding carboxylic acids is 1. The first-order valence-corrected chi connectivity index (χ1v) is 5.78. The molecular weight excluding hydrogens is 200 g/mol. The van der Waals surface area contributed by atoms with Gasteiger partial charge in [-0.05, 0) is 31.9 Å². The summed E-state index contributed by atoms with van der Waals surface area (Å²) < 4.78 is 0. The number of benzene rings is 1. The number of unbranched alkanes of at least 4 members (excludes halogenated alkanes) is 1. The Kier molecular flexibility index (Phi) is 5.57. The molecule has 0 radical (unpaired) electrons. The van der Waals surface area contributed by atoms with Gasteiger partial charge >= 0.3 is 0 Å². The summed E-state index contributed by atoms with van der Waals surface area (Å²) in [6, 6.07) is 10.0. The summed E-state index contributed by atoms with van der Waals surface area (Å²) in [5.74, 6) is 0.102. The van der Waals surface area contributed by atoms with Crippen molar-refractivity contribution in [2.75, 3.05) is 6.54 Å². The van der Waals surface area contributed by atoms with Gasteiger partial charge in [-0.3, -0.25) is 4.79 Å². The zero-order valence-electron chi connectivity index (χ0n) is 9.78. The maximum atomic E-state index is 11.5. The van der Waals surface area contributed by atoms with Crippen LogP contribution in [0, 0.1) is 0 Å². The van der Waals surface area contributed by atoms with Crippen LogP contribution in [0.2, 0.25) is 0 Å². The standard InChI is InChI=1S/C13H20N2O/c1-11(12-7-3-2-4-8-12)15-13(16)9-5-6-10-14/h2-4,7-8,11H,5-6,9-10,14H2,1H3,(H,15,16)/t11-/m0/s1. The van der Waals surface area contributed by atoms with Crippen LogP contribution >= 0.6 is 0 Å². The predicted molar refractivity (Wildman–Crippen MR) is 65.9 cm³/mol. The second-order valence-electron chi connectivity index (χ2n) is 3.95. The van der Waals surface area contributed by atoms with Crippen molar-refractivity contribution in [2.24, 2.45) is 5.73 Å². The highest BCUT2D eigenvalue weighted by Crippen LogP contribution is 2.11. The quantitative estimate of drug-likeness (QED) is 0.720. The smallest absolute Gasteiger partial charge is 0.220 e. The van der Waals surface area contributed by atoms with Gasteiger partial charge in [-0.1, -0.05) is 30.3 Å². The minimum Gasteiger partial charge on any atom is -0.350 e. The van der Waals surface area contributed by atoms with Crippen molar-refractivity contribution in [1.82, 2.24) is 5.32 Å². The lowest BCUT2D eigenvalue weighted by molar-refractivity contribution is -0.121. The van der Waals surface area contributed by atoms with Gasteiger partial charge in [0.05, 0.1) is 6.04 Å².